The summed E-state index contributed by atoms with van der Waals surface area (Å²) in [7, 11) is -3.87. The summed E-state index contributed by atoms with van der Waals surface area (Å²) in [6, 6.07) is 2.63. The molecule has 0 aromatic heterocycles. The Morgan fingerprint density at radius 3 is 2.55 bits per heavy atom. The molecular weight excluding hydrogens is 288 g/mol. The van der Waals surface area contributed by atoms with Gasteiger partial charge in [0.1, 0.15) is 11.6 Å². The maximum atomic E-state index is 13.5. The van der Waals surface area contributed by atoms with Crippen LogP contribution < -0.4 is 10.5 Å². The molecule has 1 aromatic carbocycles. The highest BCUT2D eigenvalue weighted by Gasteiger charge is 2.28. The van der Waals surface area contributed by atoms with Crippen LogP contribution in [0.1, 0.15) is 12.8 Å². The van der Waals surface area contributed by atoms with Gasteiger partial charge < -0.3 is 5.73 Å². The maximum absolute atomic E-state index is 13.5. The normalized spacial score (nSPS) is 18.1. The number of piperidine rings is 1. The van der Waals surface area contributed by atoms with Gasteiger partial charge in [0.25, 0.3) is 0 Å². The van der Waals surface area contributed by atoms with Crippen LogP contribution in [-0.4, -0.2) is 32.4 Å². The topological polar surface area (TPSA) is 75.4 Å². The number of rotatable bonds is 4. The van der Waals surface area contributed by atoms with Crippen molar-refractivity contribution in [2.75, 3.05) is 24.4 Å². The van der Waals surface area contributed by atoms with Crippen LogP contribution in [0, 0.1) is 17.6 Å². The SMILES string of the molecule is NCC1CCN(S(=O)(=O)Nc2cc(F)ccc2F)CC1. The molecule has 0 radical (unpaired) electrons. The molecule has 20 heavy (non-hydrogen) atoms. The fourth-order valence-electron chi connectivity index (χ4n) is 2.16. The Labute approximate surface area is 116 Å². The Kier molecular flexibility index (Phi) is 4.56. The van der Waals surface area contributed by atoms with Gasteiger partial charge in [-0.3, -0.25) is 4.72 Å². The molecule has 0 spiro atoms. The van der Waals surface area contributed by atoms with E-state index in [1.54, 1.807) is 0 Å². The molecular formula is C12H17F2N3O2S. The summed E-state index contributed by atoms with van der Waals surface area (Å²) in [5.74, 6) is -1.20. The molecule has 0 saturated carbocycles. The first-order chi connectivity index (χ1) is 9.42. The fourth-order valence-corrected chi connectivity index (χ4v) is 3.42. The first-order valence-electron chi connectivity index (χ1n) is 6.35. The number of anilines is 1. The minimum atomic E-state index is -3.87. The molecule has 5 nitrogen and oxygen atoms in total. The molecule has 1 fully saturated rings. The van der Waals surface area contributed by atoms with Gasteiger partial charge >= 0.3 is 10.2 Å². The fraction of sp³-hybridized carbons (Fsp3) is 0.500. The Morgan fingerprint density at radius 1 is 1.30 bits per heavy atom. The zero-order valence-corrected chi connectivity index (χ0v) is 11.7. The van der Waals surface area contributed by atoms with E-state index in [2.05, 4.69) is 4.72 Å². The van der Waals surface area contributed by atoms with Crippen LogP contribution in [0.15, 0.2) is 18.2 Å². The van der Waals surface area contributed by atoms with Crippen LogP contribution in [0.4, 0.5) is 14.5 Å². The number of nitrogens with zero attached hydrogens (tertiary/aromatic N) is 1. The molecule has 0 bridgehead atoms. The molecule has 1 aromatic rings. The van der Waals surface area contributed by atoms with E-state index in [0.717, 1.165) is 18.2 Å². The van der Waals surface area contributed by atoms with Gasteiger partial charge in [-0.1, -0.05) is 0 Å². The molecule has 8 heteroatoms. The van der Waals surface area contributed by atoms with E-state index in [1.165, 1.54) is 4.31 Å². The summed E-state index contributed by atoms with van der Waals surface area (Å²) < 4.78 is 54.0. The zero-order chi connectivity index (χ0) is 14.8. The van der Waals surface area contributed by atoms with Crippen molar-refractivity contribution in [3.63, 3.8) is 0 Å². The number of hydrogen-bond acceptors (Lipinski definition) is 3. The summed E-state index contributed by atoms with van der Waals surface area (Å²) in [6.07, 6.45) is 1.34. The van der Waals surface area contributed by atoms with Gasteiger partial charge in [0.15, 0.2) is 0 Å². The lowest BCUT2D eigenvalue weighted by Crippen LogP contribution is -2.42. The monoisotopic (exact) mass is 305 g/mol. The van der Waals surface area contributed by atoms with Gasteiger partial charge in [0.05, 0.1) is 5.69 Å². The number of benzene rings is 1. The van der Waals surface area contributed by atoms with Crippen LogP contribution >= 0.6 is 0 Å². The van der Waals surface area contributed by atoms with E-state index in [-0.39, 0.29) is 5.69 Å². The average molecular weight is 305 g/mol. The van der Waals surface area contributed by atoms with Crippen molar-refractivity contribution in [3.8, 4) is 0 Å². The summed E-state index contributed by atoms with van der Waals surface area (Å²) in [5, 5.41) is 0. The van der Waals surface area contributed by atoms with Crippen LogP contribution in [0.2, 0.25) is 0 Å². The number of nitrogens with two attached hydrogens (primary N) is 1. The Balaban J connectivity index is 2.10. The van der Waals surface area contributed by atoms with Crippen LogP contribution in [0.5, 0.6) is 0 Å². The molecule has 3 N–H and O–H groups in total. The number of nitrogens with one attached hydrogen (secondary N) is 1. The smallest absolute Gasteiger partial charge is 0.301 e. The second-order valence-electron chi connectivity index (χ2n) is 4.81. The molecule has 2 rings (SSSR count). The van der Waals surface area contributed by atoms with E-state index < -0.39 is 21.8 Å². The third kappa shape index (κ3) is 3.44. The Hall–Kier alpha value is -1.25. The average Bonchev–Trinajstić information content (AvgIpc) is 2.43. The van der Waals surface area contributed by atoms with E-state index in [4.69, 9.17) is 5.73 Å². The van der Waals surface area contributed by atoms with Gasteiger partial charge in [-0.2, -0.15) is 12.7 Å². The molecule has 0 aliphatic carbocycles. The predicted molar refractivity (Wildman–Crippen MR) is 72.3 cm³/mol. The van der Waals surface area contributed by atoms with Crippen LogP contribution in [-0.2, 0) is 10.2 Å². The van der Waals surface area contributed by atoms with Gasteiger partial charge in [0, 0.05) is 19.2 Å². The summed E-state index contributed by atoms with van der Waals surface area (Å²) >= 11 is 0. The zero-order valence-electron chi connectivity index (χ0n) is 10.9. The lowest BCUT2D eigenvalue weighted by Gasteiger charge is -2.30. The van der Waals surface area contributed by atoms with Crippen LogP contribution in [0.25, 0.3) is 0 Å². The quantitative estimate of drug-likeness (QED) is 0.880. The first-order valence-corrected chi connectivity index (χ1v) is 7.79. The maximum Gasteiger partial charge on any atom is 0.301 e. The van der Waals surface area contributed by atoms with Crippen molar-refractivity contribution in [3.05, 3.63) is 29.8 Å². The number of halogens is 2. The molecule has 0 unspecified atom stereocenters. The predicted octanol–water partition coefficient (Wildman–Crippen LogP) is 1.29. The lowest BCUT2D eigenvalue weighted by molar-refractivity contribution is 0.280. The molecule has 0 amide bonds. The van der Waals surface area contributed by atoms with Gasteiger partial charge in [-0.25, -0.2) is 8.78 Å². The van der Waals surface area contributed by atoms with E-state index in [0.29, 0.717) is 38.4 Å². The van der Waals surface area contributed by atoms with E-state index >= 15 is 0 Å². The van der Waals surface area contributed by atoms with Crippen molar-refractivity contribution < 1.29 is 17.2 Å². The molecule has 1 heterocycles. The third-order valence-electron chi connectivity index (χ3n) is 3.41. The van der Waals surface area contributed by atoms with E-state index in [1.807, 2.05) is 0 Å². The molecule has 0 atom stereocenters. The van der Waals surface area contributed by atoms with Crippen molar-refractivity contribution in [1.82, 2.24) is 4.31 Å². The van der Waals surface area contributed by atoms with E-state index in [9.17, 15) is 17.2 Å². The highest BCUT2D eigenvalue weighted by Crippen LogP contribution is 2.22. The minimum absolute atomic E-state index is 0.312. The van der Waals surface area contributed by atoms with Crippen molar-refractivity contribution >= 4 is 15.9 Å². The summed E-state index contributed by atoms with van der Waals surface area (Å²) in [5.41, 5.74) is 5.16. The van der Waals surface area contributed by atoms with Gasteiger partial charge in [-0.05, 0) is 37.4 Å². The Bertz CT molecular complexity index is 572. The second kappa shape index (κ2) is 6.02. The lowest BCUT2D eigenvalue weighted by atomic mass is 9.99. The second-order valence-corrected chi connectivity index (χ2v) is 6.48. The largest absolute Gasteiger partial charge is 0.330 e. The standard InChI is InChI=1S/C12H17F2N3O2S/c13-10-1-2-11(14)12(7-10)16-20(18,19)17-5-3-9(8-15)4-6-17/h1-2,7,9,16H,3-6,8,15H2. The summed E-state index contributed by atoms with van der Waals surface area (Å²) in [4.78, 5) is 0. The summed E-state index contributed by atoms with van der Waals surface area (Å²) in [6.45, 7) is 1.18. The van der Waals surface area contributed by atoms with Crippen molar-refractivity contribution in [2.24, 2.45) is 11.7 Å². The molecule has 112 valence electrons. The Morgan fingerprint density at radius 2 is 1.95 bits per heavy atom. The highest BCUT2D eigenvalue weighted by atomic mass is 32.2. The van der Waals surface area contributed by atoms with Crippen molar-refractivity contribution in [1.29, 1.82) is 0 Å². The van der Waals surface area contributed by atoms with Crippen LogP contribution in [0.3, 0.4) is 0 Å². The third-order valence-corrected chi connectivity index (χ3v) is 4.94. The first kappa shape index (κ1) is 15.1. The molecule has 1 aliphatic rings. The minimum Gasteiger partial charge on any atom is -0.330 e. The molecule has 1 saturated heterocycles. The highest BCUT2D eigenvalue weighted by molar-refractivity contribution is 7.90. The van der Waals surface area contributed by atoms with Gasteiger partial charge in [-0.15, -0.1) is 0 Å². The number of hydrogen-bond donors (Lipinski definition) is 2. The van der Waals surface area contributed by atoms with Gasteiger partial charge in [0.2, 0.25) is 0 Å². The molecule has 1 aliphatic heterocycles. The van der Waals surface area contributed by atoms with Crippen molar-refractivity contribution in [2.45, 2.75) is 12.8 Å².